The number of hydrogen-bond acceptors (Lipinski definition) is 4. The molecule has 0 bridgehead atoms. The standard InChI is InChI=1S/C16H25NO4/c1-4-12(9-18)17-14(8-15(19)20)16(21)13-7-10(2)5-6-11(13)3/h5-7,12,14,16-18,21H,4,8-9H2,1-3H3,(H,19,20). The molecule has 0 aliphatic heterocycles. The molecule has 21 heavy (non-hydrogen) atoms. The van der Waals surface area contributed by atoms with Crippen molar-refractivity contribution in [2.24, 2.45) is 0 Å². The molecule has 0 aromatic heterocycles. The number of aliphatic hydroxyl groups excluding tert-OH is 2. The Bertz CT molecular complexity index is 471. The quantitative estimate of drug-likeness (QED) is 0.584. The van der Waals surface area contributed by atoms with Crippen LogP contribution in [0.25, 0.3) is 0 Å². The molecule has 5 nitrogen and oxygen atoms in total. The zero-order valence-corrected chi connectivity index (χ0v) is 12.8. The lowest BCUT2D eigenvalue weighted by Crippen LogP contribution is -2.44. The first-order valence-corrected chi connectivity index (χ1v) is 7.22. The summed E-state index contributed by atoms with van der Waals surface area (Å²) in [6.07, 6.45) is -0.474. The van der Waals surface area contributed by atoms with E-state index in [1.165, 1.54) is 0 Å². The highest BCUT2D eigenvalue weighted by Gasteiger charge is 2.26. The van der Waals surface area contributed by atoms with Crippen molar-refractivity contribution >= 4 is 5.97 Å². The molecular formula is C16H25NO4. The largest absolute Gasteiger partial charge is 0.481 e. The fourth-order valence-corrected chi connectivity index (χ4v) is 2.35. The predicted octanol–water partition coefficient (Wildman–Crippen LogP) is 1.54. The molecule has 0 spiro atoms. The Labute approximate surface area is 125 Å². The van der Waals surface area contributed by atoms with E-state index in [1.807, 2.05) is 39.0 Å². The minimum Gasteiger partial charge on any atom is -0.481 e. The Morgan fingerprint density at radius 2 is 2.00 bits per heavy atom. The van der Waals surface area contributed by atoms with Gasteiger partial charge < -0.3 is 20.6 Å². The van der Waals surface area contributed by atoms with Crippen LogP contribution in [0.5, 0.6) is 0 Å². The van der Waals surface area contributed by atoms with E-state index in [4.69, 9.17) is 5.11 Å². The molecule has 118 valence electrons. The summed E-state index contributed by atoms with van der Waals surface area (Å²) in [5.41, 5.74) is 2.65. The van der Waals surface area contributed by atoms with E-state index >= 15 is 0 Å². The van der Waals surface area contributed by atoms with Gasteiger partial charge in [-0.3, -0.25) is 4.79 Å². The minimum atomic E-state index is -0.982. The minimum absolute atomic E-state index is 0.0911. The third kappa shape index (κ3) is 5.12. The molecular weight excluding hydrogens is 270 g/mol. The van der Waals surface area contributed by atoms with E-state index in [1.54, 1.807) is 0 Å². The Kier molecular flexibility index (Phi) is 6.81. The van der Waals surface area contributed by atoms with Crippen molar-refractivity contribution in [3.63, 3.8) is 0 Å². The molecule has 1 aromatic rings. The Balaban J connectivity index is 3.00. The van der Waals surface area contributed by atoms with Gasteiger partial charge in [-0.25, -0.2) is 0 Å². The molecule has 0 aliphatic carbocycles. The number of benzene rings is 1. The van der Waals surface area contributed by atoms with Gasteiger partial charge in [0.05, 0.1) is 19.1 Å². The highest BCUT2D eigenvalue weighted by atomic mass is 16.4. The maximum atomic E-state index is 11.0. The van der Waals surface area contributed by atoms with Gasteiger partial charge in [0.15, 0.2) is 0 Å². The molecule has 3 atom stereocenters. The average Bonchev–Trinajstić information content (AvgIpc) is 2.44. The molecule has 0 fully saturated rings. The maximum Gasteiger partial charge on any atom is 0.305 e. The third-order valence-corrected chi connectivity index (χ3v) is 3.69. The van der Waals surface area contributed by atoms with Crippen molar-refractivity contribution in [1.82, 2.24) is 5.32 Å². The first kappa shape index (κ1) is 17.6. The molecule has 0 saturated carbocycles. The molecule has 0 radical (unpaired) electrons. The molecule has 0 saturated heterocycles. The van der Waals surface area contributed by atoms with Crippen LogP contribution in [-0.2, 0) is 4.79 Å². The van der Waals surface area contributed by atoms with Crippen LogP contribution in [0.1, 0.15) is 42.6 Å². The Hall–Kier alpha value is -1.43. The first-order chi connectivity index (χ1) is 9.88. The van der Waals surface area contributed by atoms with Crippen LogP contribution < -0.4 is 5.32 Å². The predicted molar refractivity (Wildman–Crippen MR) is 81.2 cm³/mol. The normalized spacial score (nSPS) is 15.5. The monoisotopic (exact) mass is 295 g/mol. The van der Waals surface area contributed by atoms with Crippen LogP contribution in [-0.4, -0.2) is 40.0 Å². The van der Waals surface area contributed by atoms with Crippen molar-refractivity contribution in [3.8, 4) is 0 Å². The summed E-state index contributed by atoms with van der Waals surface area (Å²) in [4.78, 5) is 11.0. The van der Waals surface area contributed by atoms with Gasteiger partial charge in [0.2, 0.25) is 0 Å². The summed E-state index contributed by atoms with van der Waals surface area (Å²) >= 11 is 0. The lowest BCUT2D eigenvalue weighted by atomic mass is 9.94. The number of carboxylic acids is 1. The van der Waals surface area contributed by atoms with Crippen molar-refractivity contribution in [2.75, 3.05) is 6.61 Å². The fourth-order valence-electron chi connectivity index (χ4n) is 2.35. The van der Waals surface area contributed by atoms with Gasteiger partial charge in [0.1, 0.15) is 0 Å². The zero-order valence-electron chi connectivity index (χ0n) is 12.8. The topological polar surface area (TPSA) is 89.8 Å². The molecule has 5 heteroatoms. The number of aryl methyl sites for hydroxylation is 2. The van der Waals surface area contributed by atoms with Crippen LogP contribution in [0.4, 0.5) is 0 Å². The van der Waals surface area contributed by atoms with Crippen molar-refractivity contribution in [2.45, 2.75) is 51.8 Å². The fraction of sp³-hybridized carbons (Fsp3) is 0.562. The number of hydrogen-bond donors (Lipinski definition) is 4. The summed E-state index contributed by atoms with van der Waals surface area (Å²) < 4.78 is 0. The van der Waals surface area contributed by atoms with Gasteiger partial charge in [-0.05, 0) is 31.4 Å². The van der Waals surface area contributed by atoms with Gasteiger partial charge in [-0.2, -0.15) is 0 Å². The maximum absolute atomic E-state index is 11.0. The van der Waals surface area contributed by atoms with E-state index in [0.29, 0.717) is 6.42 Å². The SMILES string of the molecule is CCC(CO)NC(CC(=O)O)C(O)c1cc(C)ccc1C. The molecule has 1 aromatic carbocycles. The molecule has 0 heterocycles. The average molecular weight is 295 g/mol. The van der Waals surface area contributed by atoms with E-state index in [-0.39, 0.29) is 19.1 Å². The van der Waals surface area contributed by atoms with Crippen LogP contribution in [0.15, 0.2) is 18.2 Å². The van der Waals surface area contributed by atoms with Crippen LogP contribution in [0, 0.1) is 13.8 Å². The first-order valence-electron chi connectivity index (χ1n) is 7.22. The smallest absolute Gasteiger partial charge is 0.305 e. The number of carbonyl (C=O) groups is 1. The lowest BCUT2D eigenvalue weighted by molar-refractivity contribution is -0.138. The highest BCUT2D eigenvalue weighted by molar-refractivity contribution is 5.67. The number of nitrogens with one attached hydrogen (secondary N) is 1. The molecule has 1 rings (SSSR count). The summed E-state index contributed by atoms with van der Waals surface area (Å²) in [5, 5.41) is 31.9. The Morgan fingerprint density at radius 3 is 2.52 bits per heavy atom. The summed E-state index contributed by atoms with van der Waals surface area (Å²) in [7, 11) is 0. The van der Waals surface area contributed by atoms with Gasteiger partial charge in [-0.15, -0.1) is 0 Å². The van der Waals surface area contributed by atoms with Gasteiger partial charge in [-0.1, -0.05) is 30.7 Å². The second-order valence-corrected chi connectivity index (χ2v) is 5.46. The van der Waals surface area contributed by atoms with E-state index < -0.39 is 18.1 Å². The van der Waals surface area contributed by atoms with Crippen molar-refractivity contribution in [1.29, 1.82) is 0 Å². The van der Waals surface area contributed by atoms with E-state index in [0.717, 1.165) is 16.7 Å². The van der Waals surface area contributed by atoms with E-state index in [9.17, 15) is 15.0 Å². The van der Waals surface area contributed by atoms with E-state index in [2.05, 4.69) is 5.32 Å². The Morgan fingerprint density at radius 1 is 1.33 bits per heavy atom. The summed E-state index contributed by atoms with van der Waals surface area (Å²) in [6, 6.07) is 4.87. The van der Waals surface area contributed by atoms with Gasteiger partial charge >= 0.3 is 5.97 Å². The van der Waals surface area contributed by atoms with Crippen LogP contribution >= 0.6 is 0 Å². The van der Waals surface area contributed by atoms with Crippen molar-refractivity contribution < 1.29 is 20.1 Å². The second-order valence-electron chi connectivity index (χ2n) is 5.46. The number of rotatable bonds is 8. The number of carboxylic acid groups (broad SMARTS) is 1. The lowest BCUT2D eigenvalue weighted by Gasteiger charge is -2.28. The molecule has 4 N–H and O–H groups in total. The third-order valence-electron chi connectivity index (χ3n) is 3.69. The molecule has 3 unspecified atom stereocenters. The highest BCUT2D eigenvalue weighted by Crippen LogP contribution is 2.24. The molecule has 0 amide bonds. The molecule has 0 aliphatic rings. The second kappa shape index (κ2) is 8.12. The van der Waals surface area contributed by atoms with Crippen molar-refractivity contribution in [3.05, 3.63) is 34.9 Å². The van der Waals surface area contributed by atoms with Gasteiger partial charge in [0.25, 0.3) is 0 Å². The summed E-state index contributed by atoms with van der Waals surface area (Å²) in [5.74, 6) is -0.982. The zero-order chi connectivity index (χ0) is 16.0. The van der Waals surface area contributed by atoms with Crippen LogP contribution in [0.2, 0.25) is 0 Å². The van der Waals surface area contributed by atoms with Gasteiger partial charge in [0, 0.05) is 12.1 Å². The number of aliphatic hydroxyl groups is 2. The summed E-state index contributed by atoms with van der Waals surface area (Å²) in [6.45, 7) is 5.62. The number of aliphatic carboxylic acids is 1. The van der Waals surface area contributed by atoms with Crippen LogP contribution in [0.3, 0.4) is 0 Å².